The third-order valence-electron chi connectivity index (χ3n) is 3.24. The second kappa shape index (κ2) is 4.75. The monoisotopic (exact) mass is 304 g/mol. The molecule has 1 aliphatic rings. The van der Waals surface area contributed by atoms with Crippen LogP contribution in [0.25, 0.3) is 0 Å². The molecule has 0 spiro atoms. The van der Waals surface area contributed by atoms with Gasteiger partial charge in [0.15, 0.2) is 0 Å². The summed E-state index contributed by atoms with van der Waals surface area (Å²) in [4.78, 5) is 0. The summed E-state index contributed by atoms with van der Waals surface area (Å²) in [5.41, 5.74) is 2.05. The standard InChI is InChI=1S/C15H13BrO2/c16-12-7-5-10(6-8-12)15(17)14-9-11-3-1-2-4-13(11)18-14/h1-8,14-15,17H,9H2. The van der Waals surface area contributed by atoms with Crippen LogP contribution in [0.1, 0.15) is 17.2 Å². The van der Waals surface area contributed by atoms with Crippen molar-refractivity contribution in [2.75, 3.05) is 0 Å². The van der Waals surface area contributed by atoms with E-state index in [1.54, 1.807) is 0 Å². The van der Waals surface area contributed by atoms with Crippen LogP contribution < -0.4 is 4.74 Å². The van der Waals surface area contributed by atoms with Crippen molar-refractivity contribution in [1.82, 2.24) is 0 Å². The van der Waals surface area contributed by atoms with Crippen molar-refractivity contribution in [2.24, 2.45) is 0 Å². The zero-order chi connectivity index (χ0) is 12.5. The smallest absolute Gasteiger partial charge is 0.133 e. The van der Waals surface area contributed by atoms with E-state index >= 15 is 0 Å². The minimum absolute atomic E-state index is 0.191. The molecule has 0 aromatic heterocycles. The summed E-state index contributed by atoms with van der Waals surface area (Å²) in [5.74, 6) is 0.888. The van der Waals surface area contributed by atoms with Crippen molar-refractivity contribution < 1.29 is 9.84 Å². The van der Waals surface area contributed by atoms with Crippen LogP contribution in [-0.4, -0.2) is 11.2 Å². The van der Waals surface area contributed by atoms with Gasteiger partial charge in [0.05, 0.1) is 0 Å². The molecular formula is C15H13BrO2. The summed E-state index contributed by atoms with van der Waals surface area (Å²) in [6, 6.07) is 15.6. The average molecular weight is 305 g/mol. The summed E-state index contributed by atoms with van der Waals surface area (Å²) in [6.07, 6.45) is -0.0259. The lowest BCUT2D eigenvalue weighted by molar-refractivity contribution is 0.0492. The SMILES string of the molecule is OC(c1ccc(Br)cc1)C1Cc2ccccc2O1. The maximum absolute atomic E-state index is 10.3. The Balaban J connectivity index is 1.80. The number of aliphatic hydroxyl groups excluding tert-OH is 1. The molecule has 1 aliphatic heterocycles. The molecule has 0 amide bonds. The first-order chi connectivity index (χ1) is 8.74. The Kier molecular flexibility index (Phi) is 3.10. The number of benzene rings is 2. The predicted molar refractivity (Wildman–Crippen MR) is 73.7 cm³/mol. The Labute approximate surface area is 114 Å². The summed E-state index contributed by atoms with van der Waals surface area (Å²) >= 11 is 3.39. The molecule has 18 heavy (non-hydrogen) atoms. The Morgan fingerprint density at radius 1 is 1.11 bits per heavy atom. The fraction of sp³-hybridized carbons (Fsp3) is 0.200. The minimum atomic E-state index is -0.592. The van der Waals surface area contributed by atoms with Gasteiger partial charge in [-0.3, -0.25) is 0 Å². The molecule has 3 heteroatoms. The molecule has 3 rings (SSSR count). The summed E-state index contributed by atoms with van der Waals surface area (Å²) in [5, 5.41) is 10.3. The van der Waals surface area contributed by atoms with Crippen molar-refractivity contribution in [1.29, 1.82) is 0 Å². The van der Waals surface area contributed by atoms with Crippen LogP contribution in [0.3, 0.4) is 0 Å². The van der Waals surface area contributed by atoms with E-state index in [0.717, 1.165) is 22.2 Å². The Morgan fingerprint density at radius 2 is 1.83 bits per heavy atom. The highest BCUT2D eigenvalue weighted by Crippen LogP contribution is 2.34. The fourth-order valence-corrected chi connectivity index (χ4v) is 2.52. The Hall–Kier alpha value is -1.32. The minimum Gasteiger partial charge on any atom is -0.487 e. The highest BCUT2D eigenvalue weighted by molar-refractivity contribution is 9.10. The molecule has 0 radical (unpaired) electrons. The summed E-state index contributed by atoms with van der Waals surface area (Å²) in [7, 11) is 0. The zero-order valence-corrected chi connectivity index (χ0v) is 11.3. The fourth-order valence-electron chi connectivity index (χ4n) is 2.26. The number of ether oxygens (including phenoxy) is 1. The van der Waals surface area contributed by atoms with Gasteiger partial charge in [0.2, 0.25) is 0 Å². The number of fused-ring (bicyclic) bond motifs is 1. The van der Waals surface area contributed by atoms with Crippen LogP contribution in [0, 0.1) is 0 Å². The predicted octanol–water partition coefficient (Wildman–Crippen LogP) is 3.49. The second-order valence-corrected chi connectivity index (χ2v) is 5.38. The lowest BCUT2D eigenvalue weighted by atomic mass is 10.0. The molecule has 0 fully saturated rings. The van der Waals surface area contributed by atoms with Gasteiger partial charge in [-0.25, -0.2) is 0 Å². The zero-order valence-electron chi connectivity index (χ0n) is 9.71. The molecule has 0 saturated carbocycles. The van der Waals surface area contributed by atoms with Crippen molar-refractivity contribution in [3.8, 4) is 5.75 Å². The first-order valence-electron chi connectivity index (χ1n) is 5.92. The van der Waals surface area contributed by atoms with Gasteiger partial charge >= 0.3 is 0 Å². The third kappa shape index (κ3) is 2.16. The molecule has 2 nitrogen and oxygen atoms in total. The first-order valence-corrected chi connectivity index (χ1v) is 6.71. The molecule has 0 bridgehead atoms. The van der Waals surface area contributed by atoms with Gasteiger partial charge in [0.1, 0.15) is 18.0 Å². The molecule has 2 aromatic rings. The molecule has 1 heterocycles. The second-order valence-electron chi connectivity index (χ2n) is 4.46. The molecule has 2 atom stereocenters. The van der Waals surface area contributed by atoms with Gasteiger partial charge in [0, 0.05) is 10.9 Å². The van der Waals surface area contributed by atoms with Gasteiger partial charge in [-0.1, -0.05) is 46.3 Å². The van der Waals surface area contributed by atoms with E-state index in [0.29, 0.717) is 0 Å². The quantitative estimate of drug-likeness (QED) is 0.920. The normalized spacial score (nSPS) is 19.1. The number of hydrogen-bond donors (Lipinski definition) is 1. The molecular weight excluding hydrogens is 292 g/mol. The van der Waals surface area contributed by atoms with Gasteiger partial charge < -0.3 is 9.84 Å². The van der Waals surface area contributed by atoms with E-state index in [-0.39, 0.29) is 6.10 Å². The van der Waals surface area contributed by atoms with E-state index in [4.69, 9.17) is 4.74 Å². The van der Waals surface area contributed by atoms with Crippen LogP contribution in [0.4, 0.5) is 0 Å². The summed E-state index contributed by atoms with van der Waals surface area (Å²) < 4.78 is 6.80. The first kappa shape index (κ1) is 11.8. The van der Waals surface area contributed by atoms with Crippen LogP contribution >= 0.6 is 15.9 Å². The van der Waals surface area contributed by atoms with Gasteiger partial charge in [-0.15, -0.1) is 0 Å². The lowest BCUT2D eigenvalue weighted by Crippen LogP contribution is -2.22. The molecule has 2 unspecified atom stereocenters. The largest absolute Gasteiger partial charge is 0.487 e. The highest BCUT2D eigenvalue weighted by Gasteiger charge is 2.29. The number of hydrogen-bond acceptors (Lipinski definition) is 2. The van der Waals surface area contributed by atoms with Gasteiger partial charge in [0.25, 0.3) is 0 Å². The molecule has 0 aliphatic carbocycles. The number of para-hydroxylation sites is 1. The van der Waals surface area contributed by atoms with Crippen LogP contribution in [0.5, 0.6) is 5.75 Å². The Morgan fingerprint density at radius 3 is 2.56 bits per heavy atom. The molecule has 92 valence electrons. The average Bonchev–Trinajstić information content (AvgIpc) is 2.82. The van der Waals surface area contributed by atoms with E-state index in [1.807, 2.05) is 48.5 Å². The van der Waals surface area contributed by atoms with Crippen molar-refractivity contribution in [3.63, 3.8) is 0 Å². The van der Waals surface area contributed by atoms with E-state index in [2.05, 4.69) is 15.9 Å². The van der Waals surface area contributed by atoms with Crippen LogP contribution in [0.2, 0.25) is 0 Å². The third-order valence-corrected chi connectivity index (χ3v) is 3.76. The van der Waals surface area contributed by atoms with Crippen LogP contribution in [0.15, 0.2) is 53.0 Å². The number of rotatable bonds is 2. The van der Waals surface area contributed by atoms with Crippen molar-refractivity contribution >= 4 is 15.9 Å². The summed E-state index contributed by atoms with van der Waals surface area (Å²) in [6.45, 7) is 0. The van der Waals surface area contributed by atoms with Crippen molar-refractivity contribution in [3.05, 3.63) is 64.1 Å². The molecule has 0 saturated heterocycles. The molecule has 2 aromatic carbocycles. The molecule has 1 N–H and O–H groups in total. The van der Waals surface area contributed by atoms with Crippen molar-refractivity contribution in [2.45, 2.75) is 18.6 Å². The van der Waals surface area contributed by atoms with Gasteiger partial charge in [-0.2, -0.15) is 0 Å². The van der Waals surface area contributed by atoms with Gasteiger partial charge in [-0.05, 0) is 29.3 Å². The number of halogens is 1. The van der Waals surface area contributed by atoms with Crippen LogP contribution in [-0.2, 0) is 6.42 Å². The lowest BCUT2D eigenvalue weighted by Gasteiger charge is -2.18. The topological polar surface area (TPSA) is 29.5 Å². The Bertz CT molecular complexity index is 526. The van der Waals surface area contributed by atoms with E-state index < -0.39 is 6.10 Å². The maximum Gasteiger partial charge on any atom is 0.133 e. The van der Waals surface area contributed by atoms with E-state index in [9.17, 15) is 5.11 Å². The maximum atomic E-state index is 10.3. The highest BCUT2D eigenvalue weighted by atomic mass is 79.9. The van der Waals surface area contributed by atoms with E-state index in [1.165, 1.54) is 5.56 Å². The number of aliphatic hydroxyl groups is 1.